The summed E-state index contributed by atoms with van der Waals surface area (Å²) in [6.45, 7) is 0.476. The Balaban J connectivity index is 1.99. The van der Waals surface area contributed by atoms with Gasteiger partial charge >= 0.3 is 5.97 Å². The summed E-state index contributed by atoms with van der Waals surface area (Å²) in [7, 11) is 3.76. The van der Waals surface area contributed by atoms with Gasteiger partial charge < -0.3 is 19.7 Å². The van der Waals surface area contributed by atoms with E-state index in [1.54, 1.807) is 12.1 Å². The molecule has 2 aromatic carbocycles. The second-order valence-corrected chi connectivity index (χ2v) is 6.77. The van der Waals surface area contributed by atoms with Gasteiger partial charge in [0.25, 0.3) is 5.69 Å². The predicted molar refractivity (Wildman–Crippen MR) is 97.7 cm³/mol. The van der Waals surface area contributed by atoms with Crippen molar-refractivity contribution in [2.75, 3.05) is 14.1 Å². The smallest absolute Gasteiger partial charge is 0.339 e. The average molecular weight is 367 g/mol. The van der Waals surface area contributed by atoms with Crippen LogP contribution in [0.4, 0.5) is 5.69 Å². The van der Waals surface area contributed by atoms with E-state index >= 15 is 0 Å². The number of aromatic hydroxyl groups is 1. The second-order valence-electron chi connectivity index (χ2n) is 6.77. The third-order valence-electron chi connectivity index (χ3n) is 4.63. The molecular weight excluding hydrogens is 350 g/mol. The maximum atomic E-state index is 12.3. The Kier molecular flexibility index (Phi) is 3.85. The number of non-ortho nitro benzene ring substituents is 1. The molecule has 0 bridgehead atoms. The van der Waals surface area contributed by atoms with Crippen LogP contribution in [-0.2, 0) is 11.3 Å². The molecule has 138 valence electrons. The summed E-state index contributed by atoms with van der Waals surface area (Å²) in [6.07, 6.45) is -0.745. The number of nitrogens with one attached hydrogen (secondary N) is 1. The fourth-order valence-electron chi connectivity index (χ4n) is 3.57. The number of benzene rings is 2. The summed E-state index contributed by atoms with van der Waals surface area (Å²) >= 11 is 0. The first-order chi connectivity index (χ1) is 12.9. The Morgan fingerprint density at radius 2 is 2.07 bits per heavy atom. The van der Waals surface area contributed by atoms with Crippen LogP contribution in [0.2, 0.25) is 0 Å². The molecule has 8 nitrogen and oxygen atoms in total. The lowest BCUT2D eigenvalue weighted by atomic mass is 9.96. The first-order valence-corrected chi connectivity index (χ1v) is 8.33. The fraction of sp³-hybridized carbons (Fsp3) is 0.211. The number of phenolic OH excluding ortho intramolecular Hbond substituents is 1. The zero-order chi connectivity index (χ0) is 19.3. The largest absolute Gasteiger partial charge is 0.508 e. The molecule has 0 aliphatic carbocycles. The van der Waals surface area contributed by atoms with Crippen molar-refractivity contribution in [2.24, 2.45) is 0 Å². The first kappa shape index (κ1) is 17.0. The zero-order valence-electron chi connectivity index (χ0n) is 14.7. The number of nitro groups is 1. The predicted octanol–water partition coefficient (Wildman–Crippen LogP) is 3.10. The van der Waals surface area contributed by atoms with E-state index in [9.17, 15) is 20.0 Å². The number of esters is 1. The van der Waals surface area contributed by atoms with E-state index in [0.29, 0.717) is 34.1 Å². The molecule has 1 aliphatic rings. The molecule has 4 rings (SSSR count). The Hall–Kier alpha value is -3.39. The van der Waals surface area contributed by atoms with Gasteiger partial charge in [0.15, 0.2) is 6.10 Å². The lowest BCUT2D eigenvalue weighted by Gasteiger charge is -2.15. The number of aromatic amines is 1. The van der Waals surface area contributed by atoms with Crippen LogP contribution in [0.3, 0.4) is 0 Å². The topological polar surface area (TPSA) is 109 Å². The number of fused-ring (bicyclic) bond motifs is 2. The number of H-pyrrole nitrogens is 1. The quantitative estimate of drug-likeness (QED) is 0.417. The van der Waals surface area contributed by atoms with Crippen molar-refractivity contribution >= 4 is 22.6 Å². The number of nitro benzene ring substituents is 1. The molecular formula is C19H17N3O5. The molecule has 27 heavy (non-hydrogen) atoms. The highest BCUT2D eigenvalue weighted by atomic mass is 16.6. The maximum absolute atomic E-state index is 12.3. The molecule has 1 unspecified atom stereocenters. The summed E-state index contributed by atoms with van der Waals surface area (Å²) in [5.74, 6) is -0.456. The minimum absolute atomic E-state index is 0.0250. The highest BCUT2D eigenvalue weighted by Gasteiger charge is 2.36. The first-order valence-electron chi connectivity index (χ1n) is 8.33. The molecule has 1 aromatic heterocycles. The summed E-state index contributed by atoms with van der Waals surface area (Å²) in [6, 6.07) is 9.27. The SMILES string of the molecule is CN(C)Cc1[nH]c2c([N+](=O)[O-])cccc2c1C1OC(=O)c2ccc(O)cc21. The van der Waals surface area contributed by atoms with Crippen molar-refractivity contribution in [1.29, 1.82) is 0 Å². The zero-order valence-corrected chi connectivity index (χ0v) is 14.7. The molecule has 0 saturated carbocycles. The Morgan fingerprint density at radius 1 is 1.30 bits per heavy atom. The van der Waals surface area contributed by atoms with E-state index in [4.69, 9.17) is 4.74 Å². The Morgan fingerprint density at radius 3 is 2.78 bits per heavy atom. The van der Waals surface area contributed by atoms with Gasteiger partial charge in [0.1, 0.15) is 11.3 Å². The molecule has 0 radical (unpaired) electrons. The van der Waals surface area contributed by atoms with Crippen molar-refractivity contribution < 1.29 is 19.6 Å². The highest BCUT2D eigenvalue weighted by Crippen LogP contribution is 2.43. The van der Waals surface area contributed by atoms with Crippen molar-refractivity contribution in [3.05, 3.63) is 68.9 Å². The normalized spacial score (nSPS) is 16.0. The van der Waals surface area contributed by atoms with Gasteiger partial charge in [-0.2, -0.15) is 0 Å². The summed E-state index contributed by atoms with van der Waals surface area (Å²) in [5.41, 5.74) is 2.66. The second kappa shape index (κ2) is 6.10. The highest BCUT2D eigenvalue weighted by molar-refractivity contribution is 5.97. The molecule has 0 fully saturated rings. The monoisotopic (exact) mass is 367 g/mol. The van der Waals surface area contributed by atoms with Crippen LogP contribution in [0.15, 0.2) is 36.4 Å². The molecule has 0 saturated heterocycles. The fourth-order valence-corrected chi connectivity index (χ4v) is 3.57. The number of nitrogens with zero attached hydrogens (tertiary/aromatic N) is 2. The van der Waals surface area contributed by atoms with Crippen LogP contribution in [0.5, 0.6) is 5.75 Å². The third kappa shape index (κ3) is 2.70. The maximum Gasteiger partial charge on any atom is 0.339 e. The number of carbonyl (C=O) groups excluding carboxylic acids is 1. The molecule has 3 aromatic rings. The van der Waals surface area contributed by atoms with E-state index in [0.717, 1.165) is 5.69 Å². The van der Waals surface area contributed by atoms with Crippen LogP contribution in [0, 0.1) is 10.1 Å². The molecule has 8 heteroatoms. The Labute approximate surface area is 154 Å². The number of carbonyl (C=O) groups is 1. The third-order valence-corrected chi connectivity index (χ3v) is 4.63. The number of cyclic esters (lactones) is 1. The van der Waals surface area contributed by atoms with Crippen LogP contribution in [0.1, 0.15) is 33.3 Å². The number of para-hydroxylation sites is 1. The van der Waals surface area contributed by atoms with Gasteiger partial charge in [-0.25, -0.2) is 4.79 Å². The average Bonchev–Trinajstić information content (AvgIpc) is 3.10. The van der Waals surface area contributed by atoms with Crippen LogP contribution >= 0.6 is 0 Å². The van der Waals surface area contributed by atoms with Gasteiger partial charge in [0, 0.05) is 34.8 Å². The standard InChI is InChI=1S/C19H17N3O5/c1-21(2)9-14-16(12-4-3-5-15(22(25)26)17(12)20-14)18-13-8-10(23)6-7-11(13)19(24)27-18/h3-8,18,20,23H,9H2,1-2H3. The van der Waals surface area contributed by atoms with Crippen molar-refractivity contribution in [1.82, 2.24) is 9.88 Å². The molecule has 1 aliphatic heterocycles. The van der Waals surface area contributed by atoms with Crippen LogP contribution in [0.25, 0.3) is 10.9 Å². The van der Waals surface area contributed by atoms with Gasteiger partial charge in [0.2, 0.25) is 0 Å². The molecule has 1 atom stereocenters. The number of ether oxygens (including phenoxy) is 1. The number of hydrogen-bond acceptors (Lipinski definition) is 6. The van der Waals surface area contributed by atoms with Gasteiger partial charge in [0.05, 0.1) is 10.5 Å². The van der Waals surface area contributed by atoms with Crippen molar-refractivity contribution in [3.8, 4) is 5.75 Å². The molecule has 0 spiro atoms. The van der Waals surface area contributed by atoms with E-state index in [-0.39, 0.29) is 11.4 Å². The van der Waals surface area contributed by atoms with E-state index in [1.165, 1.54) is 24.3 Å². The van der Waals surface area contributed by atoms with Crippen molar-refractivity contribution in [3.63, 3.8) is 0 Å². The van der Waals surface area contributed by atoms with E-state index < -0.39 is 17.0 Å². The minimum Gasteiger partial charge on any atom is -0.508 e. The minimum atomic E-state index is -0.745. The number of hydrogen-bond donors (Lipinski definition) is 2. The molecule has 2 heterocycles. The molecule has 0 amide bonds. The van der Waals surface area contributed by atoms with Gasteiger partial charge in [-0.1, -0.05) is 12.1 Å². The number of phenols is 1. The van der Waals surface area contributed by atoms with Gasteiger partial charge in [-0.05, 0) is 32.3 Å². The number of aromatic nitrogens is 1. The lowest BCUT2D eigenvalue weighted by Crippen LogP contribution is -2.14. The summed E-state index contributed by atoms with van der Waals surface area (Å²) in [4.78, 5) is 28.3. The summed E-state index contributed by atoms with van der Waals surface area (Å²) < 4.78 is 5.60. The van der Waals surface area contributed by atoms with Gasteiger partial charge in [-0.3, -0.25) is 10.1 Å². The van der Waals surface area contributed by atoms with Crippen molar-refractivity contribution in [2.45, 2.75) is 12.6 Å². The van der Waals surface area contributed by atoms with E-state index in [1.807, 2.05) is 19.0 Å². The van der Waals surface area contributed by atoms with Gasteiger partial charge in [-0.15, -0.1) is 0 Å². The van der Waals surface area contributed by atoms with E-state index in [2.05, 4.69) is 4.98 Å². The molecule has 2 N–H and O–H groups in total. The lowest BCUT2D eigenvalue weighted by molar-refractivity contribution is -0.383. The van der Waals surface area contributed by atoms with Crippen LogP contribution in [-0.4, -0.2) is 40.0 Å². The van der Waals surface area contributed by atoms with Crippen LogP contribution < -0.4 is 0 Å². The summed E-state index contributed by atoms with van der Waals surface area (Å²) in [5, 5.41) is 21.9. The Bertz CT molecular complexity index is 1090. The number of rotatable bonds is 4.